The number of ketones is 2. The Morgan fingerprint density at radius 1 is 1.14 bits per heavy atom. The molecule has 0 heterocycles. The summed E-state index contributed by atoms with van der Waals surface area (Å²) in [5.41, 5.74) is 0.895. The molecule has 0 saturated carbocycles. The van der Waals surface area contributed by atoms with Gasteiger partial charge >= 0.3 is 0 Å². The number of Topliss-reactive ketones (excluding diaryl/α,β-unsaturated/α-hetero) is 2. The first-order valence-corrected chi connectivity index (χ1v) is 4.72. The zero-order chi connectivity index (χ0) is 10.6. The van der Waals surface area contributed by atoms with Gasteiger partial charge in [0.05, 0.1) is 0 Å². The maximum atomic E-state index is 11.4. The van der Waals surface area contributed by atoms with Crippen molar-refractivity contribution in [2.75, 3.05) is 0 Å². The van der Waals surface area contributed by atoms with Crippen molar-refractivity contribution in [1.29, 1.82) is 0 Å². The van der Waals surface area contributed by atoms with Crippen LogP contribution in [-0.4, -0.2) is 11.6 Å². The van der Waals surface area contributed by atoms with Crippen LogP contribution in [0.4, 0.5) is 0 Å². The molecule has 1 rings (SSSR count). The Hall–Kier alpha value is -1.44. The average Bonchev–Trinajstić information content (AvgIpc) is 2.18. The van der Waals surface area contributed by atoms with Crippen LogP contribution in [0.2, 0.25) is 0 Å². The standard InChI is InChI=1S/C12H14O2/c1-9(2)12(14)11(13)8-10-6-4-3-5-7-10/h3-7,9H,8H2,1-2H3. The highest BCUT2D eigenvalue weighted by molar-refractivity contribution is 6.38. The van der Waals surface area contributed by atoms with E-state index in [-0.39, 0.29) is 23.9 Å². The predicted octanol–water partition coefficient (Wildman–Crippen LogP) is 2.02. The number of carbonyl (C=O) groups excluding carboxylic acids is 2. The molecule has 0 radical (unpaired) electrons. The van der Waals surface area contributed by atoms with Crippen LogP contribution in [-0.2, 0) is 16.0 Å². The Balaban J connectivity index is 2.63. The van der Waals surface area contributed by atoms with Crippen LogP contribution in [0.25, 0.3) is 0 Å². The van der Waals surface area contributed by atoms with Gasteiger partial charge in [-0.05, 0) is 5.56 Å². The van der Waals surface area contributed by atoms with E-state index in [0.717, 1.165) is 5.56 Å². The molecule has 1 aromatic carbocycles. The fourth-order valence-electron chi connectivity index (χ4n) is 1.19. The molecule has 0 aliphatic heterocycles. The highest BCUT2D eigenvalue weighted by Crippen LogP contribution is 2.03. The third kappa shape index (κ3) is 2.80. The molecule has 0 fully saturated rings. The van der Waals surface area contributed by atoms with Crippen LogP contribution < -0.4 is 0 Å². The van der Waals surface area contributed by atoms with Crippen molar-refractivity contribution in [1.82, 2.24) is 0 Å². The number of rotatable bonds is 4. The molecule has 0 amide bonds. The molecule has 2 heteroatoms. The van der Waals surface area contributed by atoms with Crippen molar-refractivity contribution in [3.63, 3.8) is 0 Å². The number of hydrogen-bond acceptors (Lipinski definition) is 2. The normalized spacial score (nSPS) is 10.2. The van der Waals surface area contributed by atoms with E-state index < -0.39 is 0 Å². The van der Waals surface area contributed by atoms with Gasteiger partial charge in [0, 0.05) is 12.3 Å². The van der Waals surface area contributed by atoms with E-state index in [4.69, 9.17) is 0 Å². The van der Waals surface area contributed by atoms with Crippen LogP contribution in [0.1, 0.15) is 19.4 Å². The van der Waals surface area contributed by atoms with Gasteiger partial charge in [-0.1, -0.05) is 44.2 Å². The average molecular weight is 190 g/mol. The van der Waals surface area contributed by atoms with Gasteiger partial charge in [0.15, 0.2) is 0 Å². The van der Waals surface area contributed by atoms with Crippen molar-refractivity contribution in [3.05, 3.63) is 35.9 Å². The molecule has 0 atom stereocenters. The van der Waals surface area contributed by atoms with Crippen LogP contribution in [0.5, 0.6) is 0 Å². The minimum atomic E-state index is -0.300. The largest absolute Gasteiger partial charge is 0.291 e. The van der Waals surface area contributed by atoms with E-state index in [1.807, 2.05) is 30.3 Å². The minimum Gasteiger partial charge on any atom is -0.291 e. The van der Waals surface area contributed by atoms with E-state index in [1.165, 1.54) is 0 Å². The molecule has 0 saturated heterocycles. The second-order valence-electron chi connectivity index (χ2n) is 3.60. The first kappa shape index (κ1) is 10.6. The maximum absolute atomic E-state index is 11.4. The molecule has 2 nitrogen and oxygen atoms in total. The fraction of sp³-hybridized carbons (Fsp3) is 0.333. The van der Waals surface area contributed by atoms with Crippen LogP contribution in [0.3, 0.4) is 0 Å². The molecule has 0 spiro atoms. The first-order valence-electron chi connectivity index (χ1n) is 4.72. The Morgan fingerprint density at radius 2 is 1.71 bits per heavy atom. The summed E-state index contributed by atoms with van der Waals surface area (Å²) in [5, 5.41) is 0. The summed E-state index contributed by atoms with van der Waals surface area (Å²) in [6, 6.07) is 9.32. The topological polar surface area (TPSA) is 34.1 Å². The Morgan fingerprint density at radius 3 is 2.21 bits per heavy atom. The van der Waals surface area contributed by atoms with Crippen molar-refractivity contribution >= 4 is 11.6 Å². The van der Waals surface area contributed by atoms with Gasteiger partial charge < -0.3 is 0 Å². The van der Waals surface area contributed by atoms with Crippen LogP contribution >= 0.6 is 0 Å². The van der Waals surface area contributed by atoms with E-state index in [9.17, 15) is 9.59 Å². The number of benzene rings is 1. The van der Waals surface area contributed by atoms with Crippen molar-refractivity contribution in [3.8, 4) is 0 Å². The Kier molecular flexibility index (Phi) is 3.57. The molecule has 0 aliphatic rings. The van der Waals surface area contributed by atoms with Crippen molar-refractivity contribution in [2.45, 2.75) is 20.3 Å². The molecule has 0 unspecified atom stereocenters. The smallest absolute Gasteiger partial charge is 0.203 e. The van der Waals surface area contributed by atoms with E-state index >= 15 is 0 Å². The summed E-state index contributed by atoms with van der Waals surface area (Å²) in [6.07, 6.45) is 0.220. The first-order chi connectivity index (χ1) is 6.61. The van der Waals surface area contributed by atoms with Crippen molar-refractivity contribution < 1.29 is 9.59 Å². The van der Waals surface area contributed by atoms with Gasteiger partial charge in [-0.25, -0.2) is 0 Å². The summed E-state index contributed by atoms with van der Waals surface area (Å²) >= 11 is 0. The van der Waals surface area contributed by atoms with Gasteiger partial charge in [-0.2, -0.15) is 0 Å². The van der Waals surface area contributed by atoms with E-state index in [2.05, 4.69) is 0 Å². The third-order valence-corrected chi connectivity index (χ3v) is 2.01. The number of carbonyl (C=O) groups is 2. The quantitative estimate of drug-likeness (QED) is 0.681. The van der Waals surface area contributed by atoms with E-state index in [0.29, 0.717) is 0 Å². The summed E-state index contributed by atoms with van der Waals surface area (Å²) < 4.78 is 0. The van der Waals surface area contributed by atoms with Gasteiger partial charge in [-0.15, -0.1) is 0 Å². The van der Waals surface area contributed by atoms with Crippen LogP contribution in [0.15, 0.2) is 30.3 Å². The van der Waals surface area contributed by atoms with Gasteiger partial charge in [0.1, 0.15) is 0 Å². The lowest BCUT2D eigenvalue weighted by atomic mass is 10.00. The summed E-state index contributed by atoms with van der Waals surface area (Å²) in [7, 11) is 0. The highest BCUT2D eigenvalue weighted by Gasteiger charge is 2.17. The Bertz CT molecular complexity index is 325. The molecular formula is C12H14O2. The predicted molar refractivity (Wildman–Crippen MR) is 55.0 cm³/mol. The maximum Gasteiger partial charge on any atom is 0.203 e. The highest BCUT2D eigenvalue weighted by atomic mass is 16.2. The van der Waals surface area contributed by atoms with Gasteiger partial charge in [0.25, 0.3) is 0 Å². The van der Waals surface area contributed by atoms with E-state index in [1.54, 1.807) is 13.8 Å². The van der Waals surface area contributed by atoms with Crippen molar-refractivity contribution in [2.24, 2.45) is 5.92 Å². The molecule has 14 heavy (non-hydrogen) atoms. The van der Waals surface area contributed by atoms with Gasteiger partial charge in [0.2, 0.25) is 11.6 Å². The lowest BCUT2D eigenvalue weighted by Crippen LogP contribution is -2.21. The van der Waals surface area contributed by atoms with Gasteiger partial charge in [-0.3, -0.25) is 9.59 Å². The molecule has 0 N–H and O–H groups in total. The lowest BCUT2D eigenvalue weighted by Gasteiger charge is -2.02. The SMILES string of the molecule is CC(C)C(=O)C(=O)Cc1ccccc1. The molecule has 0 bridgehead atoms. The zero-order valence-corrected chi connectivity index (χ0v) is 8.49. The zero-order valence-electron chi connectivity index (χ0n) is 8.49. The monoisotopic (exact) mass is 190 g/mol. The van der Waals surface area contributed by atoms with Crippen LogP contribution in [0, 0.1) is 5.92 Å². The fourth-order valence-corrected chi connectivity index (χ4v) is 1.19. The molecular weight excluding hydrogens is 176 g/mol. The Labute approximate surface area is 83.9 Å². The summed E-state index contributed by atoms with van der Waals surface area (Å²) in [6.45, 7) is 3.48. The molecule has 0 aromatic heterocycles. The minimum absolute atomic E-state index is 0.203. The summed E-state index contributed by atoms with van der Waals surface area (Å²) in [4.78, 5) is 22.7. The molecule has 0 aliphatic carbocycles. The third-order valence-electron chi connectivity index (χ3n) is 2.01. The summed E-state index contributed by atoms with van der Waals surface area (Å²) in [5.74, 6) is -0.786. The number of hydrogen-bond donors (Lipinski definition) is 0. The molecule has 1 aromatic rings. The second-order valence-corrected chi connectivity index (χ2v) is 3.60. The lowest BCUT2D eigenvalue weighted by molar-refractivity contribution is -0.138. The molecule has 74 valence electrons. The second kappa shape index (κ2) is 4.70.